The molecule has 0 aromatic heterocycles. The van der Waals surface area contributed by atoms with Crippen LogP contribution in [-0.2, 0) is 16.0 Å². The SMILES string of the molecule is CCC(c1cc(Cl)ccc1OC(F)(F)F)N1CCC2(CCc3ccc([C@H](C4CC4)[C@H](C)C(=O)OC)cc3O2)CC1. The van der Waals surface area contributed by atoms with E-state index in [9.17, 15) is 18.0 Å². The fraction of sp³-hybridized carbons (Fsp3) is 0.581. The van der Waals surface area contributed by atoms with Crippen molar-refractivity contribution in [1.29, 1.82) is 0 Å². The minimum absolute atomic E-state index is 0.109. The van der Waals surface area contributed by atoms with Crippen LogP contribution in [0.25, 0.3) is 0 Å². The summed E-state index contributed by atoms with van der Waals surface area (Å²) in [4.78, 5) is 14.6. The van der Waals surface area contributed by atoms with E-state index in [0.29, 0.717) is 36.0 Å². The van der Waals surface area contributed by atoms with E-state index in [2.05, 4.69) is 27.8 Å². The molecule has 3 atom stereocenters. The first-order valence-electron chi connectivity index (χ1n) is 14.2. The van der Waals surface area contributed by atoms with Crippen molar-refractivity contribution in [3.63, 3.8) is 0 Å². The highest BCUT2D eigenvalue weighted by Gasteiger charge is 2.43. The number of hydrogen-bond acceptors (Lipinski definition) is 5. The van der Waals surface area contributed by atoms with Crippen LogP contribution in [0.4, 0.5) is 13.2 Å². The maximum Gasteiger partial charge on any atom is 0.573 e. The molecule has 0 bridgehead atoms. The van der Waals surface area contributed by atoms with E-state index in [-0.39, 0.29) is 35.2 Å². The predicted molar refractivity (Wildman–Crippen MR) is 147 cm³/mol. The van der Waals surface area contributed by atoms with Gasteiger partial charge in [0.15, 0.2) is 0 Å². The van der Waals surface area contributed by atoms with E-state index < -0.39 is 6.36 Å². The topological polar surface area (TPSA) is 48.0 Å². The monoisotopic (exact) mass is 579 g/mol. The number of benzene rings is 2. The number of hydrogen-bond donors (Lipinski definition) is 0. The first kappa shape index (κ1) is 29.1. The van der Waals surface area contributed by atoms with Crippen molar-refractivity contribution in [1.82, 2.24) is 4.90 Å². The number of piperidine rings is 1. The van der Waals surface area contributed by atoms with Crippen molar-refractivity contribution in [2.75, 3.05) is 20.2 Å². The number of ether oxygens (including phenoxy) is 3. The van der Waals surface area contributed by atoms with Gasteiger partial charge >= 0.3 is 12.3 Å². The summed E-state index contributed by atoms with van der Waals surface area (Å²) in [5.41, 5.74) is 2.44. The smallest absolute Gasteiger partial charge is 0.487 e. The summed E-state index contributed by atoms with van der Waals surface area (Å²) in [6.45, 7) is 5.29. The molecule has 5 rings (SSSR count). The Kier molecular flexibility index (Phi) is 8.31. The highest BCUT2D eigenvalue weighted by Crippen LogP contribution is 2.49. The van der Waals surface area contributed by atoms with Gasteiger partial charge in [-0.3, -0.25) is 9.69 Å². The molecule has 9 heteroatoms. The van der Waals surface area contributed by atoms with Crippen molar-refractivity contribution in [2.45, 2.75) is 82.7 Å². The molecule has 1 saturated carbocycles. The quantitative estimate of drug-likeness (QED) is 0.298. The Morgan fingerprint density at radius 2 is 1.88 bits per heavy atom. The first-order chi connectivity index (χ1) is 19.0. The van der Waals surface area contributed by atoms with Gasteiger partial charge in [0.2, 0.25) is 0 Å². The largest absolute Gasteiger partial charge is 0.573 e. The third-order valence-corrected chi connectivity index (χ3v) is 9.22. The molecule has 1 unspecified atom stereocenters. The molecule has 2 aromatic rings. The van der Waals surface area contributed by atoms with Gasteiger partial charge in [-0.15, -0.1) is 13.2 Å². The Bertz CT molecular complexity index is 1220. The summed E-state index contributed by atoms with van der Waals surface area (Å²) in [6, 6.07) is 10.5. The van der Waals surface area contributed by atoms with Gasteiger partial charge in [0, 0.05) is 29.7 Å². The van der Waals surface area contributed by atoms with Crippen LogP contribution >= 0.6 is 11.6 Å². The molecule has 1 aliphatic carbocycles. The van der Waals surface area contributed by atoms with Crippen LogP contribution in [0, 0.1) is 11.8 Å². The second-order valence-corrected chi connectivity index (χ2v) is 12.0. The Balaban J connectivity index is 1.32. The number of alkyl halides is 3. The zero-order chi connectivity index (χ0) is 28.7. The minimum Gasteiger partial charge on any atom is -0.487 e. The average molecular weight is 580 g/mol. The number of fused-ring (bicyclic) bond motifs is 1. The maximum atomic E-state index is 13.1. The van der Waals surface area contributed by atoms with Gasteiger partial charge in [-0.1, -0.05) is 37.6 Å². The highest BCUT2D eigenvalue weighted by atomic mass is 35.5. The second-order valence-electron chi connectivity index (χ2n) is 11.5. The molecule has 40 heavy (non-hydrogen) atoms. The van der Waals surface area contributed by atoms with Crippen LogP contribution in [0.2, 0.25) is 5.02 Å². The van der Waals surface area contributed by atoms with Crippen LogP contribution in [0.3, 0.4) is 0 Å². The zero-order valence-electron chi connectivity index (χ0n) is 23.2. The molecule has 218 valence electrons. The number of carbonyl (C=O) groups excluding carboxylic acids is 1. The molecule has 0 N–H and O–H groups in total. The number of likely N-dealkylation sites (tertiary alicyclic amines) is 1. The highest BCUT2D eigenvalue weighted by molar-refractivity contribution is 6.30. The van der Waals surface area contributed by atoms with Crippen molar-refractivity contribution in [3.8, 4) is 11.5 Å². The molecule has 3 aliphatic rings. The number of methoxy groups -OCH3 is 1. The molecule has 0 amide bonds. The molecule has 5 nitrogen and oxygen atoms in total. The summed E-state index contributed by atoms with van der Waals surface area (Å²) in [5, 5.41) is 0.380. The van der Waals surface area contributed by atoms with Crippen molar-refractivity contribution in [3.05, 3.63) is 58.1 Å². The summed E-state index contributed by atoms with van der Waals surface area (Å²) < 4.78 is 55.5. The van der Waals surface area contributed by atoms with Gasteiger partial charge in [0.25, 0.3) is 0 Å². The van der Waals surface area contributed by atoms with E-state index in [1.807, 2.05) is 13.8 Å². The summed E-state index contributed by atoms with van der Waals surface area (Å²) in [7, 11) is 1.44. The standard InChI is InChI=1S/C31H37ClF3NO4/c1-4-25(24-18-23(32)9-10-26(24)40-31(33,34)35)36-15-13-30(14-16-36)12-11-20-5-8-22(17-27(20)39-30)28(21-6-7-21)19(2)29(37)38-3/h5,8-10,17-19,21,25,28H,4,6-7,11-16H2,1-3H3/t19-,25?,28-/m0/s1. The molecule has 2 heterocycles. The Morgan fingerprint density at radius 1 is 1.15 bits per heavy atom. The summed E-state index contributed by atoms with van der Waals surface area (Å²) in [6.07, 6.45) is 1.42. The van der Waals surface area contributed by atoms with Crippen molar-refractivity contribution in [2.24, 2.45) is 11.8 Å². The molecule has 1 saturated heterocycles. The van der Waals surface area contributed by atoms with Crippen LogP contribution in [0.15, 0.2) is 36.4 Å². The average Bonchev–Trinajstić information content (AvgIpc) is 3.75. The number of nitrogens with zero attached hydrogens (tertiary/aromatic N) is 1. The molecule has 1 spiro atoms. The first-order valence-corrected chi connectivity index (χ1v) is 14.6. The number of esters is 1. The third-order valence-electron chi connectivity index (χ3n) is 8.99. The van der Waals surface area contributed by atoms with Gasteiger partial charge in [0.1, 0.15) is 17.1 Å². The van der Waals surface area contributed by atoms with E-state index in [1.165, 1.54) is 24.8 Å². The minimum atomic E-state index is -4.78. The van der Waals surface area contributed by atoms with Crippen LogP contribution in [0.5, 0.6) is 11.5 Å². The predicted octanol–water partition coefficient (Wildman–Crippen LogP) is 7.85. The summed E-state index contributed by atoms with van der Waals surface area (Å²) in [5.74, 6) is 0.871. The molecular formula is C31H37ClF3NO4. The van der Waals surface area contributed by atoms with E-state index >= 15 is 0 Å². The normalized spacial score (nSPS) is 21.2. The van der Waals surface area contributed by atoms with Gasteiger partial charge in [-0.05, 0) is 92.2 Å². The number of carbonyl (C=O) groups is 1. The summed E-state index contributed by atoms with van der Waals surface area (Å²) >= 11 is 6.19. The van der Waals surface area contributed by atoms with Gasteiger partial charge in [-0.2, -0.15) is 0 Å². The molecular weight excluding hydrogens is 543 g/mol. The Labute approximate surface area is 238 Å². The lowest BCUT2D eigenvalue weighted by atomic mass is 9.80. The number of aryl methyl sites for hydroxylation is 1. The third kappa shape index (κ3) is 6.23. The lowest BCUT2D eigenvalue weighted by molar-refractivity contribution is -0.275. The maximum absolute atomic E-state index is 13.1. The van der Waals surface area contributed by atoms with Gasteiger partial charge in [-0.25, -0.2) is 0 Å². The second kappa shape index (κ2) is 11.4. The van der Waals surface area contributed by atoms with Gasteiger partial charge in [0.05, 0.1) is 13.0 Å². The molecule has 0 radical (unpaired) electrons. The van der Waals surface area contributed by atoms with Crippen LogP contribution in [0.1, 0.15) is 81.0 Å². The van der Waals surface area contributed by atoms with Crippen molar-refractivity contribution < 1.29 is 32.2 Å². The number of halogens is 4. The van der Waals surface area contributed by atoms with Crippen molar-refractivity contribution >= 4 is 17.6 Å². The van der Waals surface area contributed by atoms with Crippen LogP contribution < -0.4 is 9.47 Å². The van der Waals surface area contributed by atoms with Gasteiger partial charge < -0.3 is 14.2 Å². The molecule has 2 fully saturated rings. The lowest BCUT2D eigenvalue weighted by Crippen LogP contribution is -2.50. The van der Waals surface area contributed by atoms with E-state index in [4.69, 9.17) is 21.1 Å². The molecule has 2 aromatic carbocycles. The van der Waals surface area contributed by atoms with E-state index in [1.54, 1.807) is 6.07 Å². The zero-order valence-corrected chi connectivity index (χ0v) is 24.0. The lowest BCUT2D eigenvalue weighted by Gasteiger charge is -2.46. The number of rotatable bonds is 8. The Morgan fingerprint density at radius 3 is 2.50 bits per heavy atom. The van der Waals surface area contributed by atoms with Crippen LogP contribution in [-0.4, -0.2) is 43.0 Å². The fourth-order valence-corrected chi connectivity index (χ4v) is 6.93. The fourth-order valence-electron chi connectivity index (χ4n) is 6.75. The molecule has 2 aliphatic heterocycles. The van der Waals surface area contributed by atoms with E-state index in [0.717, 1.165) is 49.8 Å². The Hall–Kier alpha value is -2.45.